The van der Waals surface area contributed by atoms with E-state index in [1.807, 2.05) is 0 Å². The van der Waals surface area contributed by atoms with Crippen molar-refractivity contribution in [3.63, 3.8) is 0 Å². The van der Waals surface area contributed by atoms with E-state index in [9.17, 15) is 0 Å². The molecule has 4 rings (SSSR count). The molecule has 0 aliphatic heterocycles. The number of fused-ring (bicyclic) bond motifs is 4. The molecule has 0 spiro atoms. The summed E-state index contributed by atoms with van der Waals surface area (Å²) in [6.45, 7) is 4.48. The summed E-state index contributed by atoms with van der Waals surface area (Å²) >= 11 is 0. The Bertz CT molecular complexity index is 962. The van der Waals surface area contributed by atoms with Crippen LogP contribution in [0.2, 0.25) is 0 Å². The van der Waals surface area contributed by atoms with Crippen LogP contribution in [0, 0.1) is 13.8 Å². The van der Waals surface area contributed by atoms with Crippen molar-refractivity contribution in [3.05, 3.63) is 71.8 Å². The van der Waals surface area contributed by atoms with Gasteiger partial charge in [0.2, 0.25) is 0 Å². The molecule has 0 aromatic heterocycles. The predicted octanol–water partition coefficient (Wildman–Crippen LogP) is 6.40. The van der Waals surface area contributed by atoms with Gasteiger partial charge >= 0.3 is 0 Å². The highest BCUT2D eigenvalue weighted by Gasteiger charge is 2.10. The van der Waals surface area contributed by atoms with Crippen molar-refractivity contribution in [1.82, 2.24) is 0 Å². The number of hydrogen-bond acceptors (Lipinski definition) is 0. The fourth-order valence-corrected chi connectivity index (χ4v) is 3.40. The quantitative estimate of drug-likeness (QED) is 0.257. The molecule has 0 fully saturated rings. The van der Waals surface area contributed by atoms with Crippen molar-refractivity contribution in [2.24, 2.45) is 0 Å². The number of aryl methyl sites for hydroxylation is 2. The van der Waals surface area contributed by atoms with Crippen molar-refractivity contribution in [2.75, 3.05) is 0 Å². The molecule has 0 atom stereocenters. The Morgan fingerprint density at radius 1 is 0.524 bits per heavy atom. The first-order valence-corrected chi connectivity index (χ1v) is 7.07. The standard InChI is InChI=1S/C20H16.CH4/c1-13-16-8-5-6-9-17(16)14(2)20-18(13)12-11-15-7-3-4-10-19(15)20;/h3-12H,1-2H3;1H4. The van der Waals surface area contributed by atoms with E-state index in [1.165, 1.54) is 43.4 Å². The molecule has 0 radical (unpaired) electrons. The number of hydrogen-bond donors (Lipinski definition) is 0. The fourth-order valence-electron chi connectivity index (χ4n) is 3.40. The summed E-state index contributed by atoms with van der Waals surface area (Å²) < 4.78 is 0. The molecule has 4 aromatic rings. The second-order valence-electron chi connectivity index (χ2n) is 5.50. The van der Waals surface area contributed by atoms with Crippen LogP contribution in [-0.4, -0.2) is 0 Å². The molecule has 0 heterocycles. The van der Waals surface area contributed by atoms with E-state index >= 15 is 0 Å². The Morgan fingerprint density at radius 2 is 1.10 bits per heavy atom. The number of rotatable bonds is 0. The molecule has 0 unspecified atom stereocenters. The largest absolute Gasteiger partial charge is 0.0776 e. The normalized spacial score (nSPS) is 11.0. The van der Waals surface area contributed by atoms with Gasteiger partial charge in [-0.2, -0.15) is 0 Å². The van der Waals surface area contributed by atoms with E-state index in [1.54, 1.807) is 0 Å². The van der Waals surface area contributed by atoms with Gasteiger partial charge < -0.3 is 0 Å². The molecule has 0 bridgehead atoms. The highest BCUT2D eigenvalue weighted by Crippen LogP contribution is 2.36. The van der Waals surface area contributed by atoms with Gasteiger partial charge in [-0.1, -0.05) is 68.1 Å². The van der Waals surface area contributed by atoms with Gasteiger partial charge in [0.25, 0.3) is 0 Å². The van der Waals surface area contributed by atoms with Gasteiger partial charge in [0.1, 0.15) is 0 Å². The first-order valence-electron chi connectivity index (χ1n) is 7.07. The summed E-state index contributed by atoms with van der Waals surface area (Å²) in [5.41, 5.74) is 2.77. The summed E-state index contributed by atoms with van der Waals surface area (Å²) in [4.78, 5) is 0. The Kier molecular flexibility index (Phi) is 3.17. The van der Waals surface area contributed by atoms with Crippen molar-refractivity contribution in [2.45, 2.75) is 21.3 Å². The molecule has 0 amide bonds. The Labute approximate surface area is 126 Å². The van der Waals surface area contributed by atoms with Gasteiger partial charge in [-0.05, 0) is 57.3 Å². The smallest absolute Gasteiger partial charge is 0.00671 e. The zero-order chi connectivity index (χ0) is 13.7. The van der Waals surface area contributed by atoms with Gasteiger partial charge in [-0.3, -0.25) is 0 Å². The highest BCUT2D eigenvalue weighted by atomic mass is 14.1. The summed E-state index contributed by atoms with van der Waals surface area (Å²) in [6, 6.07) is 21.9. The summed E-state index contributed by atoms with van der Waals surface area (Å²) in [5.74, 6) is 0. The topological polar surface area (TPSA) is 0 Å². The molecule has 0 heteroatoms. The van der Waals surface area contributed by atoms with E-state index in [-0.39, 0.29) is 7.43 Å². The first kappa shape index (κ1) is 13.6. The van der Waals surface area contributed by atoms with Crippen LogP contribution in [0.5, 0.6) is 0 Å². The van der Waals surface area contributed by atoms with Crippen molar-refractivity contribution < 1.29 is 0 Å². The lowest BCUT2D eigenvalue weighted by molar-refractivity contribution is 1.53. The van der Waals surface area contributed by atoms with Crippen molar-refractivity contribution >= 4 is 32.3 Å². The summed E-state index contributed by atoms with van der Waals surface area (Å²) in [6.07, 6.45) is 0. The molecule has 0 N–H and O–H groups in total. The average Bonchev–Trinajstić information content (AvgIpc) is 2.51. The molecule has 0 saturated carbocycles. The maximum absolute atomic E-state index is 2.27. The van der Waals surface area contributed by atoms with Gasteiger partial charge in [0.05, 0.1) is 0 Å². The predicted molar refractivity (Wildman–Crippen MR) is 95.2 cm³/mol. The van der Waals surface area contributed by atoms with Crippen LogP contribution < -0.4 is 0 Å². The molecular formula is C21H20. The lowest BCUT2D eigenvalue weighted by atomic mass is 9.90. The molecule has 21 heavy (non-hydrogen) atoms. The minimum Gasteiger partial charge on any atom is -0.0776 e. The second-order valence-corrected chi connectivity index (χ2v) is 5.50. The molecule has 0 saturated heterocycles. The van der Waals surface area contributed by atoms with Crippen LogP contribution >= 0.6 is 0 Å². The molecule has 0 aliphatic carbocycles. The van der Waals surface area contributed by atoms with Crippen molar-refractivity contribution in [3.8, 4) is 0 Å². The zero-order valence-electron chi connectivity index (χ0n) is 11.8. The third-order valence-corrected chi connectivity index (χ3v) is 4.44. The molecule has 104 valence electrons. The van der Waals surface area contributed by atoms with Gasteiger partial charge in [0, 0.05) is 0 Å². The zero-order valence-corrected chi connectivity index (χ0v) is 11.8. The third-order valence-electron chi connectivity index (χ3n) is 4.44. The van der Waals surface area contributed by atoms with E-state index in [0.29, 0.717) is 0 Å². The van der Waals surface area contributed by atoms with Crippen molar-refractivity contribution in [1.29, 1.82) is 0 Å². The monoisotopic (exact) mass is 272 g/mol. The van der Waals surface area contributed by atoms with Gasteiger partial charge in [-0.25, -0.2) is 0 Å². The van der Waals surface area contributed by atoms with Crippen LogP contribution in [0.1, 0.15) is 18.6 Å². The third kappa shape index (κ3) is 1.83. The SMILES string of the molecule is C.Cc1c2ccccc2c(C)c2c1ccc1ccccc12. The average molecular weight is 272 g/mol. The maximum Gasteiger partial charge on any atom is -0.00671 e. The lowest BCUT2D eigenvalue weighted by Crippen LogP contribution is -1.89. The van der Waals surface area contributed by atoms with E-state index in [4.69, 9.17) is 0 Å². The molecule has 4 aromatic carbocycles. The van der Waals surface area contributed by atoms with E-state index in [0.717, 1.165) is 0 Å². The van der Waals surface area contributed by atoms with Gasteiger partial charge in [0.15, 0.2) is 0 Å². The van der Waals surface area contributed by atoms with E-state index in [2.05, 4.69) is 74.5 Å². The van der Waals surface area contributed by atoms with Crippen LogP contribution in [0.15, 0.2) is 60.7 Å². The molecule has 0 nitrogen and oxygen atoms in total. The van der Waals surface area contributed by atoms with E-state index < -0.39 is 0 Å². The lowest BCUT2D eigenvalue weighted by Gasteiger charge is -2.14. The molecule has 0 aliphatic rings. The molecular weight excluding hydrogens is 252 g/mol. The van der Waals surface area contributed by atoms with Crippen LogP contribution in [-0.2, 0) is 0 Å². The minimum atomic E-state index is 0. The first-order chi connectivity index (χ1) is 9.77. The Morgan fingerprint density at radius 3 is 1.81 bits per heavy atom. The Balaban J connectivity index is 0.00000132. The highest BCUT2D eigenvalue weighted by molar-refractivity contribution is 6.16. The number of benzene rings is 4. The van der Waals surface area contributed by atoms with Gasteiger partial charge in [-0.15, -0.1) is 0 Å². The minimum absolute atomic E-state index is 0. The Hall–Kier alpha value is -2.34. The summed E-state index contributed by atoms with van der Waals surface area (Å²) in [7, 11) is 0. The van der Waals surface area contributed by atoms with Crippen LogP contribution in [0.25, 0.3) is 32.3 Å². The second kappa shape index (κ2) is 4.89. The summed E-state index contributed by atoms with van der Waals surface area (Å²) in [5, 5.41) is 8.19. The fraction of sp³-hybridized carbons (Fsp3) is 0.143. The van der Waals surface area contributed by atoms with Crippen LogP contribution in [0.4, 0.5) is 0 Å². The maximum atomic E-state index is 2.27. The van der Waals surface area contributed by atoms with Crippen LogP contribution in [0.3, 0.4) is 0 Å².